The van der Waals surface area contributed by atoms with Crippen LogP contribution in [-0.4, -0.2) is 35.6 Å². The van der Waals surface area contributed by atoms with Gasteiger partial charge in [0.25, 0.3) is 0 Å². The van der Waals surface area contributed by atoms with Crippen LogP contribution in [0.2, 0.25) is 5.02 Å². The summed E-state index contributed by atoms with van der Waals surface area (Å²) in [5.41, 5.74) is 3.03. The zero-order valence-electron chi connectivity index (χ0n) is 17.3. The molecule has 0 bridgehead atoms. The molecule has 3 aliphatic heterocycles. The predicted molar refractivity (Wildman–Crippen MR) is 117 cm³/mol. The van der Waals surface area contributed by atoms with Crippen LogP contribution in [0.4, 0.5) is 5.69 Å². The van der Waals surface area contributed by atoms with E-state index in [1.807, 2.05) is 41.4 Å². The Kier molecular flexibility index (Phi) is 4.45. The Balaban J connectivity index is 1.67. The topological polar surface area (TPSA) is 66.9 Å². The number of amides is 2. The van der Waals surface area contributed by atoms with Crippen LogP contribution < -0.4 is 9.64 Å². The number of ether oxygens (including phenoxy) is 1. The molecule has 0 radical (unpaired) electrons. The lowest BCUT2D eigenvalue weighted by molar-refractivity contribution is -0.129. The quantitative estimate of drug-likeness (QED) is 0.685. The fraction of sp³-hybridized carbons (Fsp3) is 0.292. The van der Waals surface area contributed by atoms with Crippen molar-refractivity contribution in [2.24, 2.45) is 11.8 Å². The van der Waals surface area contributed by atoms with Crippen molar-refractivity contribution in [3.8, 4) is 5.75 Å². The molecule has 6 nitrogen and oxygen atoms in total. The van der Waals surface area contributed by atoms with E-state index in [0.29, 0.717) is 16.5 Å². The number of fused-ring (bicyclic) bond motifs is 5. The van der Waals surface area contributed by atoms with Gasteiger partial charge in [-0.2, -0.15) is 0 Å². The van der Waals surface area contributed by atoms with Gasteiger partial charge in [0.05, 0.1) is 36.7 Å². The molecule has 3 heterocycles. The number of hydrogen-bond acceptors (Lipinski definition) is 5. The highest BCUT2D eigenvalue weighted by Crippen LogP contribution is 2.54. The maximum Gasteiger partial charge on any atom is 0.240 e. The summed E-state index contributed by atoms with van der Waals surface area (Å²) >= 11 is 6.22. The molecular formula is C24H21ClN2O4. The highest BCUT2D eigenvalue weighted by atomic mass is 35.5. The van der Waals surface area contributed by atoms with Gasteiger partial charge in [0.2, 0.25) is 11.8 Å². The normalized spacial score (nSPS) is 26.1. The second-order valence-electron chi connectivity index (χ2n) is 8.23. The Morgan fingerprint density at radius 1 is 1.10 bits per heavy atom. The van der Waals surface area contributed by atoms with Gasteiger partial charge in [0.1, 0.15) is 5.75 Å². The van der Waals surface area contributed by atoms with E-state index in [9.17, 15) is 14.4 Å². The van der Waals surface area contributed by atoms with Crippen molar-refractivity contribution in [1.82, 2.24) is 4.90 Å². The zero-order chi connectivity index (χ0) is 22.0. The first kappa shape index (κ1) is 19.8. The molecule has 4 atom stereocenters. The molecule has 0 N–H and O–H groups in total. The lowest BCUT2D eigenvalue weighted by Gasteiger charge is -2.35. The summed E-state index contributed by atoms with van der Waals surface area (Å²) in [5, 5.41) is 0.485. The minimum Gasteiger partial charge on any atom is -0.495 e. The summed E-state index contributed by atoms with van der Waals surface area (Å²) in [5.74, 6) is -1.91. The van der Waals surface area contributed by atoms with Gasteiger partial charge >= 0.3 is 0 Å². The van der Waals surface area contributed by atoms with Gasteiger partial charge in [0.15, 0.2) is 5.78 Å². The Bertz CT molecular complexity index is 1170. The summed E-state index contributed by atoms with van der Waals surface area (Å²) in [6, 6.07) is 10.0. The number of nitrogens with zero attached hydrogens (tertiary/aromatic N) is 2. The molecule has 7 heteroatoms. The van der Waals surface area contributed by atoms with Crippen molar-refractivity contribution >= 4 is 41.0 Å². The zero-order valence-corrected chi connectivity index (χ0v) is 18.1. The van der Waals surface area contributed by atoms with Crippen LogP contribution in [0.15, 0.2) is 42.6 Å². The molecule has 2 fully saturated rings. The van der Waals surface area contributed by atoms with Crippen molar-refractivity contribution in [3.05, 3.63) is 64.3 Å². The standard InChI is InChI=1S/C24H21ClN2O4/c1-12-10-17(18(31-3)11-16(12)25)27-23(29)19-20(24(27)30)22-15-7-5-4-6-14(15)8-9-26(22)21(19)13(2)28/h4-11,19-22H,1-3H3/t19-,20+,21+,22-/m1/s1. The van der Waals surface area contributed by atoms with Crippen molar-refractivity contribution < 1.29 is 19.1 Å². The largest absolute Gasteiger partial charge is 0.495 e. The first-order chi connectivity index (χ1) is 14.8. The van der Waals surface area contributed by atoms with E-state index in [4.69, 9.17) is 16.3 Å². The first-order valence-corrected chi connectivity index (χ1v) is 10.5. The number of anilines is 1. The lowest BCUT2D eigenvalue weighted by Crippen LogP contribution is -2.43. The first-order valence-electron chi connectivity index (χ1n) is 10.1. The summed E-state index contributed by atoms with van der Waals surface area (Å²) in [6.45, 7) is 3.28. The van der Waals surface area contributed by atoms with Crippen LogP contribution in [0, 0.1) is 18.8 Å². The minimum absolute atomic E-state index is 0.135. The van der Waals surface area contributed by atoms with Gasteiger partial charge in [-0.3, -0.25) is 14.4 Å². The number of methoxy groups -OCH3 is 1. The molecule has 2 amide bonds. The number of ketones is 1. The predicted octanol–water partition coefficient (Wildman–Crippen LogP) is 3.76. The highest BCUT2D eigenvalue weighted by molar-refractivity contribution is 6.32. The molecule has 0 spiro atoms. The average Bonchev–Trinajstić information content (AvgIpc) is 3.23. The molecule has 0 aromatic heterocycles. The number of halogens is 1. The number of hydrogen-bond donors (Lipinski definition) is 0. The molecule has 2 aromatic rings. The fourth-order valence-electron chi connectivity index (χ4n) is 5.25. The van der Waals surface area contributed by atoms with E-state index in [2.05, 4.69) is 0 Å². The van der Waals surface area contributed by atoms with Gasteiger partial charge in [-0.05, 0) is 42.7 Å². The Morgan fingerprint density at radius 2 is 1.81 bits per heavy atom. The second-order valence-corrected chi connectivity index (χ2v) is 8.64. The van der Waals surface area contributed by atoms with E-state index in [1.54, 1.807) is 19.1 Å². The third-order valence-corrected chi connectivity index (χ3v) is 6.99. The van der Waals surface area contributed by atoms with E-state index in [0.717, 1.165) is 16.7 Å². The number of benzene rings is 2. The maximum atomic E-state index is 13.7. The molecule has 0 unspecified atom stereocenters. The summed E-state index contributed by atoms with van der Waals surface area (Å²) < 4.78 is 5.43. The van der Waals surface area contributed by atoms with Crippen LogP contribution in [0.5, 0.6) is 5.75 Å². The molecule has 31 heavy (non-hydrogen) atoms. The van der Waals surface area contributed by atoms with Gasteiger partial charge in [-0.15, -0.1) is 0 Å². The number of imide groups is 1. The number of aryl methyl sites for hydroxylation is 1. The molecule has 3 aliphatic rings. The van der Waals surface area contributed by atoms with E-state index < -0.39 is 17.9 Å². The minimum atomic E-state index is -0.758. The smallest absolute Gasteiger partial charge is 0.240 e. The van der Waals surface area contributed by atoms with E-state index in [1.165, 1.54) is 18.9 Å². The monoisotopic (exact) mass is 436 g/mol. The molecule has 158 valence electrons. The average molecular weight is 437 g/mol. The third-order valence-electron chi connectivity index (χ3n) is 6.58. The van der Waals surface area contributed by atoms with Crippen LogP contribution in [0.3, 0.4) is 0 Å². The van der Waals surface area contributed by atoms with Crippen molar-refractivity contribution in [1.29, 1.82) is 0 Å². The Labute approximate surface area is 185 Å². The SMILES string of the molecule is COc1cc(Cl)c(C)cc1N1C(=O)[C@@H]2[C@H](C1=O)[C@H]1c3ccccc3C=CN1[C@H]2C(C)=O. The third kappa shape index (κ3) is 2.67. The van der Waals surface area contributed by atoms with Crippen LogP contribution in [-0.2, 0) is 14.4 Å². The number of Topliss-reactive ketones (excluding diaryl/α,β-unsaturated/α-hetero) is 1. The summed E-state index contributed by atoms with van der Waals surface area (Å²) in [4.78, 5) is 43.1. The second kappa shape index (κ2) is 6.95. The molecule has 5 rings (SSSR count). The molecule has 0 aliphatic carbocycles. The molecule has 2 aromatic carbocycles. The van der Waals surface area contributed by atoms with Gasteiger partial charge in [-0.25, -0.2) is 4.90 Å². The van der Waals surface area contributed by atoms with E-state index >= 15 is 0 Å². The van der Waals surface area contributed by atoms with E-state index in [-0.39, 0.29) is 23.6 Å². The summed E-state index contributed by atoms with van der Waals surface area (Å²) in [7, 11) is 1.47. The van der Waals surface area contributed by atoms with Crippen molar-refractivity contribution in [2.45, 2.75) is 25.9 Å². The maximum absolute atomic E-state index is 13.7. The summed E-state index contributed by atoms with van der Waals surface area (Å²) in [6.07, 6.45) is 3.77. The lowest BCUT2D eigenvalue weighted by atomic mass is 9.84. The molecular weight excluding hydrogens is 416 g/mol. The van der Waals surface area contributed by atoms with Crippen molar-refractivity contribution in [3.63, 3.8) is 0 Å². The molecule has 2 saturated heterocycles. The highest BCUT2D eigenvalue weighted by Gasteiger charge is 2.64. The van der Waals surface area contributed by atoms with Crippen LogP contribution >= 0.6 is 11.6 Å². The number of carbonyl (C=O) groups excluding carboxylic acids is 3. The number of rotatable bonds is 3. The Morgan fingerprint density at radius 3 is 2.52 bits per heavy atom. The Hall–Kier alpha value is -3.12. The molecule has 0 saturated carbocycles. The van der Waals surface area contributed by atoms with Gasteiger partial charge in [-0.1, -0.05) is 35.9 Å². The fourth-order valence-corrected chi connectivity index (χ4v) is 5.40. The van der Waals surface area contributed by atoms with Crippen molar-refractivity contribution in [2.75, 3.05) is 12.0 Å². The van der Waals surface area contributed by atoms with Gasteiger partial charge in [0, 0.05) is 17.3 Å². The number of carbonyl (C=O) groups is 3. The van der Waals surface area contributed by atoms with Crippen LogP contribution in [0.1, 0.15) is 29.7 Å². The van der Waals surface area contributed by atoms with Gasteiger partial charge < -0.3 is 9.64 Å². The van der Waals surface area contributed by atoms with Crippen LogP contribution in [0.25, 0.3) is 6.08 Å².